The quantitative estimate of drug-likeness (QED) is 0.443. The number of nitrogens with one attached hydrogen (secondary N) is 1. The predicted molar refractivity (Wildman–Crippen MR) is 144 cm³/mol. The number of fused-ring (bicyclic) bond motifs is 1. The Hall–Kier alpha value is -4.34. The molecule has 5 rings (SSSR count). The minimum atomic E-state index is -1.01. The highest BCUT2D eigenvalue weighted by Crippen LogP contribution is 2.34. The topological polar surface area (TPSA) is 79.0 Å². The van der Waals surface area contributed by atoms with Gasteiger partial charge >= 0.3 is 0 Å². The Kier molecular flexibility index (Phi) is 8.28. The molecule has 3 amide bonds. The normalized spacial score (nSPS) is 18.6. The number of methoxy groups -OCH3 is 1. The van der Waals surface area contributed by atoms with Crippen LogP contribution in [0, 0.1) is 23.4 Å². The molecule has 3 aromatic rings. The number of likely N-dealkylation sites (tertiary alicyclic amines) is 2. The van der Waals surface area contributed by atoms with Gasteiger partial charge in [0.25, 0.3) is 5.91 Å². The third kappa shape index (κ3) is 6.21. The average molecular weight is 566 g/mol. The van der Waals surface area contributed by atoms with Gasteiger partial charge in [0.2, 0.25) is 11.8 Å². The largest absolute Gasteiger partial charge is 0.497 e. The fraction of sp³-hybridized carbons (Fsp3) is 0.323. The maximum atomic E-state index is 14.6. The van der Waals surface area contributed by atoms with E-state index in [1.807, 2.05) is 30.3 Å². The maximum absolute atomic E-state index is 14.6. The van der Waals surface area contributed by atoms with E-state index in [9.17, 15) is 27.6 Å². The van der Waals surface area contributed by atoms with Gasteiger partial charge < -0.3 is 19.9 Å². The van der Waals surface area contributed by atoms with Crippen molar-refractivity contribution in [2.45, 2.75) is 31.3 Å². The Bertz CT molecular complexity index is 1430. The average Bonchev–Trinajstić information content (AvgIpc) is 3.54. The van der Waals surface area contributed by atoms with Crippen molar-refractivity contribution in [2.24, 2.45) is 5.92 Å². The fourth-order valence-electron chi connectivity index (χ4n) is 5.74. The summed E-state index contributed by atoms with van der Waals surface area (Å²) >= 11 is 0. The van der Waals surface area contributed by atoms with Crippen LogP contribution in [0.5, 0.6) is 5.75 Å². The van der Waals surface area contributed by atoms with E-state index in [-0.39, 0.29) is 42.9 Å². The van der Waals surface area contributed by atoms with Crippen molar-refractivity contribution in [1.29, 1.82) is 0 Å². The van der Waals surface area contributed by atoms with E-state index in [2.05, 4.69) is 5.32 Å². The standard InChI is InChI=1S/C31H30F3N3O4/c1-41-23-14-24(33)30(25(34)15-23)31(40)37-11-10-21-17-36(18-27(21)37)29(39)16-26(20-8-5-9-22(32)13-20)35-28(38)12-19-6-3-2-4-7-19/h2-9,13-15,21,26-27H,10-12,16-18H2,1H3,(H,35,38)/t21-,26-,27+/m0/s1. The summed E-state index contributed by atoms with van der Waals surface area (Å²) in [6.07, 6.45) is 0.573. The molecule has 2 aliphatic heterocycles. The first-order chi connectivity index (χ1) is 19.7. The van der Waals surface area contributed by atoms with E-state index in [0.29, 0.717) is 25.1 Å². The molecule has 0 aromatic heterocycles. The van der Waals surface area contributed by atoms with Crippen molar-refractivity contribution < 1.29 is 32.3 Å². The van der Waals surface area contributed by atoms with Crippen molar-refractivity contribution in [1.82, 2.24) is 15.1 Å². The monoisotopic (exact) mass is 565 g/mol. The molecule has 2 heterocycles. The molecule has 2 aliphatic rings. The lowest BCUT2D eigenvalue weighted by molar-refractivity contribution is -0.131. The maximum Gasteiger partial charge on any atom is 0.260 e. The first kappa shape index (κ1) is 28.2. The molecule has 3 atom stereocenters. The van der Waals surface area contributed by atoms with E-state index in [1.165, 1.54) is 30.2 Å². The van der Waals surface area contributed by atoms with E-state index in [4.69, 9.17) is 4.74 Å². The number of benzene rings is 3. The lowest BCUT2D eigenvalue weighted by Crippen LogP contribution is -2.42. The lowest BCUT2D eigenvalue weighted by Gasteiger charge is -2.26. The molecule has 0 aliphatic carbocycles. The van der Waals surface area contributed by atoms with Crippen LogP contribution in [-0.4, -0.2) is 60.3 Å². The van der Waals surface area contributed by atoms with Crippen molar-refractivity contribution in [3.63, 3.8) is 0 Å². The second-order valence-corrected chi connectivity index (χ2v) is 10.4. The van der Waals surface area contributed by atoms with Crippen LogP contribution < -0.4 is 10.1 Å². The zero-order valence-electron chi connectivity index (χ0n) is 22.5. The summed E-state index contributed by atoms with van der Waals surface area (Å²) < 4.78 is 48.2. The molecular formula is C31H30F3N3O4. The Morgan fingerprint density at radius 2 is 1.71 bits per heavy atom. The van der Waals surface area contributed by atoms with Gasteiger partial charge in [-0.1, -0.05) is 42.5 Å². The molecule has 10 heteroatoms. The molecule has 2 fully saturated rings. The minimum absolute atomic E-state index is 0.0304. The second-order valence-electron chi connectivity index (χ2n) is 10.4. The predicted octanol–water partition coefficient (Wildman–Crippen LogP) is 4.28. The van der Waals surface area contributed by atoms with E-state index < -0.39 is 41.0 Å². The highest BCUT2D eigenvalue weighted by atomic mass is 19.1. The summed E-state index contributed by atoms with van der Waals surface area (Å²) in [7, 11) is 1.28. The van der Waals surface area contributed by atoms with Crippen molar-refractivity contribution >= 4 is 17.7 Å². The van der Waals surface area contributed by atoms with Crippen molar-refractivity contribution in [3.05, 3.63) is 101 Å². The van der Waals surface area contributed by atoms with Gasteiger partial charge in [0.05, 0.1) is 32.0 Å². The van der Waals surface area contributed by atoms with Gasteiger partial charge in [-0.3, -0.25) is 14.4 Å². The van der Waals surface area contributed by atoms with Gasteiger partial charge in [0.1, 0.15) is 28.8 Å². The third-order valence-electron chi connectivity index (χ3n) is 7.80. The van der Waals surface area contributed by atoms with Gasteiger partial charge in [0.15, 0.2) is 0 Å². The number of amides is 3. The summed E-state index contributed by atoms with van der Waals surface area (Å²) in [5.41, 5.74) is 0.612. The molecule has 0 bridgehead atoms. The summed E-state index contributed by atoms with van der Waals surface area (Å²) in [5, 5.41) is 2.87. The van der Waals surface area contributed by atoms with Crippen LogP contribution in [0.2, 0.25) is 0 Å². The highest BCUT2D eigenvalue weighted by Gasteiger charge is 2.46. The molecular weight excluding hydrogens is 535 g/mol. The van der Waals surface area contributed by atoms with Gasteiger partial charge in [-0.25, -0.2) is 13.2 Å². The number of rotatable bonds is 8. The van der Waals surface area contributed by atoms with Gasteiger partial charge in [-0.15, -0.1) is 0 Å². The number of hydrogen-bond acceptors (Lipinski definition) is 4. The number of hydrogen-bond donors (Lipinski definition) is 1. The number of nitrogens with zero attached hydrogens (tertiary/aromatic N) is 2. The summed E-state index contributed by atoms with van der Waals surface area (Å²) in [6, 6.07) is 15.7. The van der Waals surface area contributed by atoms with E-state index in [0.717, 1.165) is 17.7 Å². The molecule has 3 aromatic carbocycles. The van der Waals surface area contributed by atoms with Crippen molar-refractivity contribution in [3.8, 4) is 5.75 Å². The molecule has 0 unspecified atom stereocenters. The minimum Gasteiger partial charge on any atom is -0.497 e. The van der Waals surface area contributed by atoms with Gasteiger partial charge in [0, 0.05) is 37.7 Å². The summed E-state index contributed by atoms with van der Waals surface area (Å²) in [4.78, 5) is 42.5. The molecule has 2 saturated heterocycles. The Morgan fingerprint density at radius 1 is 0.976 bits per heavy atom. The van der Waals surface area contributed by atoms with Crippen LogP contribution in [0.25, 0.3) is 0 Å². The van der Waals surface area contributed by atoms with Gasteiger partial charge in [-0.05, 0) is 29.7 Å². The molecule has 7 nitrogen and oxygen atoms in total. The summed E-state index contributed by atoms with van der Waals surface area (Å²) in [6.45, 7) is 0.889. The Labute approximate surface area is 235 Å². The number of halogens is 3. The molecule has 0 spiro atoms. The van der Waals surface area contributed by atoms with E-state index in [1.54, 1.807) is 11.0 Å². The van der Waals surface area contributed by atoms with Crippen LogP contribution in [-0.2, 0) is 16.0 Å². The fourth-order valence-corrected chi connectivity index (χ4v) is 5.74. The first-order valence-corrected chi connectivity index (χ1v) is 13.4. The number of carbonyl (C=O) groups is 3. The number of ether oxygens (including phenoxy) is 1. The van der Waals surface area contributed by atoms with Crippen LogP contribution in [0.3, 0.4) is 0 Å². The third-order valence-corrected chi connectivity index (χ3v) is 7.80. The molecule has 0 radical (unpaired) electrons. The van der Waals surface area contributed by atoms with Crippen molar-refractivity contribution in [2.75, 3.05) is 26.7 Å². The van der Waals surface area contributed by atoms with Crippen LogP contribution in [0.1, 0.15) is 40.4 Å². The SMILES string of the molecule is COc1cc(F)c(C(=O)N2CC[C@H]3CN(C(=O)C[C@H](NC(=O)Cc4ccccc4)c4cccc(F)c4)C[C@H]32)c(F)c1. The van der Waals surface area contributed by atoms with Crippen LogP contribution in [0.4, 0.5) is 13.2 Å². The highest BCUT2D eigenvalue weighted by molar-refractivity contribution is 5.95. The molecule has 41 heavy (non-hydrogen) atoms. The van der Waals surface area contributed by atoms with Crippen LogP contribution >= 0.6 is 0 Å². The number of carbonyl (C=O) groups excluding carboxylic acids is 3. The second kappa shape index (κ2) is 12.0. The van der Waals surface area contributed by atoms with Gasteiger partial charge in [-0.2, -0.15) is 0 Å². The molecule has 1 N–H and O–H groups in total. The zero-order valence-corrected chi connectivity index (χ0v) is 22.5. The smallest absolute Gasteiger partial charge is 0.260 e. The van der Waals surface area contributed by atoms with Crippen LogP contribution in [0.15, 0.2) is 66.7 Å². The Morgan fingerprint density at radius 3 is 2.39 bits per heavy atom. The Balaban J connectivity index is 1.28. The molecule has 214 valence electrons. The first-order valence-electron chi connectivity index (χ1n) is 13.4. The zero-order chi connectivity index (χ0) is 29.1. The molecule has 0 saturated carbocycles. The van der Waals surface area contributed by atoms with E-state index >= 15 is 0 Å². The summed E-state index contributed by atoms with van der Waals surface area (Å²) in [5.74, 6) is -3.93. The lowest BCUT2D eigenvalue weighted by atomic mass is 10.0.